The summed E-state index contributed by atoms with van der Waals surface area (Å²) in [5, 5.41) is 2.94. The lowest BCUT2D eigenvalue weighted by Crippen LogP contribution is -2.40. The van der Waals surface area contributed by atoms with Crippen LogP contribution < -0.4 is 10.2 Å². The minimum atomic E-state index is -0.189. The van der Waals surface area contributed by atoms with Crippen LogP contribution in [0.2, 0.25) is 0 Å². The van der Waals surface area contributed by atoms with Crippen LogP contribution in [0.4, 0.5) is 11.6 Å². The Morgan fingerprint density at radius 1 is 1.19 bits per heavy atom. The third-order valence-corrected chi connectivity index (χ3v) is 5.05. The Kier molecular flexibility index (Phi) is 5.86. The molecule has 1 unspecified atom stereocenters. The zero-order chi connectivity index (χ0) is 18.5. The number of benzene rings is 1. The first-order chi connectivity index (χ1) is 12.6. The van der Waals surface area contributed by atoms with Gasteiger partial charge in [0.15, 0.2) is 0 Å². The standard InChI is InChI=1S/C21H28N4O/c1-4-16-9-11-17(12-10-16)23-20(26)19-14-15(3)22-21(24-19)25-13-7-6-8-18(25)5-2/h9-12,14,18H,4-8,13H2,1-3H3,(H,23,26). The predicted octanol–water partition coefficient (Wildman–Crippen LogP) is 4.37. The Labute approximate surface area is 155 Å². The van der Waals surface area contributed by atoms with Crippen LogP contribution in [0.15, 0.2) is 30.3 Å². The lowest BCUT2D eigenvalue weighted by molar-refractivity contribution is 0.102. The van der Waals surface area contributed by atoms with Crippen LogP contribution in [-0.4, -0.2) is 28.5 Å². The number of hydrogen-bond donors (Lipinski definition) is 1. The minimum absolute atomic E-state index is 0.189. The van der Waals surface area contributed by atoms with E-state index in [1.54, 1.807) is 6.07 Å². The van der Waals surface area contributed by atoms with Gasteiger partial charge < -0.3 is 10.2 Å². The molecule has 1 N–H and O–H groups in total. The second kappa shape index (κ2) is 8.30. The Hall–Kier alpha value is -2.43. The number of rotatable bonds is 5. The van der Waals surface area contributed by atoms with Crippen LogP contribution in [0, 0.1) is 6.92 Å². The van der Waals surface area contributed by atoms with Gasteiger partial charge in [-0.15, -0.1) is 0 Å². The molecule has 1 aromatic heterocycles. The van der Waals surface area contributed by atoms with Crippen molar-refractivity contribution in [3.05, 3.63) is 47.3 Å². The van der Waals surface area contributed by atoms with Gasteiger partial charge in [-0.05, 0) is 62.8 Å². The molecule has 2 aromatic rings. The van der Waals surface area contributed by atoms with Crippen molar-refractivity contribution >= 4 is 17.5 Å². The molecular weight excluding hydrogens is 324 g/mol. The molecule has 1 aliphatic heterocycles. The fraction of sp³-hybridized carbons (Fsp3) is 0.476. The van der Waals surface area contributed by atoms with Crippen molar-refractivity contribution in [2.45, 2.75) is 58.9 Å². The van der Waals surface area contributed by atoms with Crippen molar-refractivity contribution in [2.75, 3.05) is 16.8 Å². The van der Waals surface area contributed by atoms with E-state index in [0.717, 1.165) is 37.2 Å². The Morgan fingerprint density at radius 3 is 2.65 bits per heavy atom. The molecule has 1 atom stereocenters. The summed E-state index contributed by atoms with van der Waals surface area (Å²) in [4.78, 5) is 24.1. The number of nitrogens with zero attached hydrogens (tertiary/aromatic N) is 3. The summed E-state index contributed by atoms with van der Waals surface area (Å²) < 4.78 is 0. The monoisotopic (exact) mass is 352 g/mol. The Bertz CT molecular complexity index is 757. The van der Waals surface area contributed by atoms with E-state index in [1.807, 2.05) is 31.2 Å². The zero-order valence-corrected chi connectivity index (χ0v) is 16.0. The molecule has 1 fully saturated rings. The number of anilines is 2. The number of nitrogens with one attached hydrogen (secondary N) is 1. The summed E-state index contributed by atoms with van der Waals surface area (Å²) in [5.74, 6) is 0.495. The molecule has 5 heteroatoms. The molecular formula is C21H28N4O. The zero-order valence-electron chi connectivity index (χ0n) is 16.0. The lowest BCUT2D eigenvalue weighted by Gasteiger charge is -2.35. The van der Waals surface area contributed by atoms with E-state index >= 15 is 0 Å². The Balaban J connectivity index is 1.80. The molecule has 1 aromatic carbocycles. The van der Waals surface area contributed by atoms with Gasteiger partial charge >= 0.3 is 0 Å². The fourth-order valence-corrected chi connectivity index (χ4v) is 3.50. The molecule has 0 aliphatic carbocycles. The molecule has 1 saturated heterocycles. The van der Waals surface area contributed by atoms with E-state index in [9.17, 15) is 4.79 Å². The first-order valence-electron chi connectivity index (χ1n) is 9.63. The maximum absolute atomic E-state index is 12.7. The summed E-state index contributed by atoms with van der Waals surface area (Å²) in [6, 6.07) is 10.2. The van der Waals surface area contributed by atoms with Gasteiger partial charge in [-0.25, -0.2) is 9.97 Å². The number of aryl methyl sites for hydroxylation is 2. The van der Waals surface area contributed by atoms with Crippen LogP contribution in [0.5, 0.6) is 0 Å². The first kappa shape index (κ1) is 18.4. The van der Waals surface area contributed by atoms with Crippen molar-refractivity contribution in [1.29, 1.82) is 0 Å². The van der Waals surface area contributed by atoms with Crippen molar-refractivity contribution in [1.82, 2.24) is 9.97 Å². The average Bonchev–Trinajstić information content (AvgIpc) is 2.68. The van der Waals surface area contributed by atoms with Gasteiger partial charge in [0.25, 0.3) is 5.91 Å². The first-order valence-corrected chi connectivity index (χ1v) is 9.63. The molecule has 0 radical (unpaired) electrons. The van der Waals surface area contributed by atoms with Gasteiger partial charge in [-0.3, -0.25) is 4.79 Å². The second-order valence-electron chi connectivity index (χ2n) is 6.95. The minimum Gasteiger partial charge on any atom is -0.338 e. The largest absolute Gasteiger partial charge is 0.338 e. The smallest absolute Gasteiger partial charge is 0.274 e. The molecule has 1 amide bonds. The molecule has 138 valence electrons. The molecule has 0 bridgehead atoms. The van der Waals surface area contributed by atoms with Crippen LogP contribution in [-0.2, 0) is 6.42 Å². The SMILES string of the molecule is CCc1ccc(NC(=O)c2cc(C)nc(N3CCCCC3CC)n2)cc1. The fourth-order valence-electron chi connectivity index (χ4n) is 3.50. The topological polar surface area (TPSA) is 58.1 Å². The van der Waals surface area contributed by atoms with Gasteiger partial charge in [0, 0.05) is 24.0 Å². The van der Waals surface area contributed by atoms with E-state index in [2.05, 4.69) is 34.0 Å². The lowest BCUT2D eigenvalue weighted by atomic mass is 10.0. The maximum atomic E-state index is 12.7. The number of amides is 1. The number of carbonyl (C=O) groups is 1. The van der Waals surface area contributed by atoms with E-state index in [-0.39, 0.29) is 5.91 Å². The predicted molar refractivity (Wildman–Crippen MR) is 106 cm³/mol. The highest BCUT2D eigenvalue weighted by atomic mass is 16.1. The van der Waals surface area contributed by atoms with Gasteiger partial charge in [0.1, 0.15) is 5.69 Å². The molecule has 0 saturated carbocycles. The van der Waals surface area contributed by atoms with E-state index in [4.69, 9.17) is 0 Å². The quantitative estimate of drug-likeness (QED) is 0.868. The molecule has 1 aliphatic rings. The maximum Gasteiger partial charge on any atom is 0.274 e. The van der Waals surface area contributed by atoms with Crippen LogP contribution >= 0.6 is 0 Å². The number of carbonyl (C=O) groups excluding carboxylic acids is 1. The highest BCUT2D eigenvalue weighted by Crippen LogP contribution is 2.24. The van der Waals surface area contributed by atoms with E-state index in [0.29, 0.717) is 17.7 Å². The van der Waals surface area contributed by atoms with Gasteiger partial charge in [0.05, 0.1) is 0 Å². The van der Waals surface area contributed by atoms with Crippen LogP contribution in [0.3, 0.4) is 0 Å². The van der Waals surface area contributed by atoms with Gasteiger partial charge in [-0.1, -0.05) is 26.0 Å². The third kappa shape index (κ3) is 4.21. The summed E-state index contributed by atoms with van der Waals surface area (Å²) in [6.45, 7) is 7.19. The second-order valence-corrected chi connectivity index (χ2v) is 6.95. The number of hydrogen-bond acceptors (Lipinski definition) is 4. The average molecular weight is 352 g/mol. The van der Waals surface area contributed by atoms with Crippen LogP contribution in [0.1, 0.15) is 61.3 Å². The number of piperidine rings is 1. The molecule has 0 spiro atoms. The van der Waals surface area contributed by atoms with Gasteiger partial charge in [-0.2, -0.15) is 0 Å². The van der Waals surface area contributed by atoms with E-state index in [1.165, 1.54) is 18.4 Å². The Morgan fingerprint density at radius 2 is 1.96 bits per heavy atom. The number of aromatic nitrogens is 2. The molecule has 3 rings (SSSR count). The van der Waals surface area contributed by atoms with Crippen molar-refractivity contribution in [3.8, 4) is 0 Å². The summed E-state index contributed by atoms with van der Waals surface area (Å²) in [7, 11) is 0. The van der Waals surface area contributed by atoms with Crippen molar-refractivity contribution in [3.63, 3.8) is 0 Å². The van der Waals surface area contributed by atoms with Gasteiger partial charge in [0.2, 0.25) is 5.95 Å². The molecule has 2 heterocycles. The highest BCUT2D eigenvalue weighted by Gasteiger charge is 2.24. The third-order valence-electron chi connectivity index (χ3n) is 5.05. The van der Waals surface area contributed by atoms with E-state index < -0.39 is 0 Å². The molecule has 5 nitrogen and oxygen atoms in total. The van der Waals surface area contributed by atoms with Crippen molar-refractivity contribution in [2.24, 2.45) is 0 Å². The summed E-state index contributed by atoms with van der Waals surface area (Å²) in [6.07, 6.45) is 5.62. The van der Waals surface area contributed by atoms with Crippen LogP contribution in [0.25, 0.3) is 0 Å². The highest BCUT2D eigenvalue weighted by molar-refractivity contribution is 6.03. The van der Waals surface area contributed by atoms with Crippen molar-refractivity contribution < 1.29 is 4.79 Å². The summed E-state index contributed by atoms with van der Waals surface area (Å²) in [5.41, 5.74) is 3.28. The molecule has 26 heavy (non-hydrogen) atoms. The summed E-state index contributed by atoms with van der Waals surface area (Å²) >= 11 is 0. The normalized spacial score (nSPS) is 17.2.